The molecule has 0 saturated heterocycles. The van der Waals surface area contributed by atoms with Gasteiger partial charge in [0.25, 0.3) is 5.91 Å². The molecule has 1 N–H and O–H groups in total. The molecule has 0 aromatic heterocycles. The lowest BCUT2D eigenvalue weighted by atomic mass is 10.1. The van der Waals surface area contributed by atoms with Gasteiger partial charge in [-0.1, -0.05) is 40.5 Å². The number of hydrazone groups is 1. The molecule has 0 heterocycles. The van der Waals surface area contributed by atoms with E-state index in [1.165, 1.54) is 6.21 Å². The summed E-state index contributed by atoms with van der Waals surface area (Å²) in [6.07, 6.45) is 1.72. The number of carbonyl (C=O) groups excluding carboxylic acids is 2. The lowest BCUT2D eigenvalue weighted by Gasteiger charge is -2.07. The highest BCUT2D eigenvalue weighted by Gasteiger charge is 2.08. The number of amides is 1. The average Bonchev–Trinajstić information content (AvgIpc) is 2.57. The Morgan fingerprint density at radius 1 is 1.25 bits per heavy atom. The summed E-state index contributed by atoms with van der Waals surface area (Å²) in [5, 5.41) is 3.95. The molecular weight excluding hydrogens is 372 g/mol. The molecule has 0 bridgehead atoms. The van der Waals surface area contributed by atoms with Crippen LogP contribution >= 0.6 is 15.9 Å². The van der Waals surface area contributed by atoms with Gasteiger partial charge in [-0.3, -0.25) is 9.59 Å². The molecule has 24 heavy (non-hydrogen) atoms. The van der Waals surface area contributed by atoms with Crippen LogP contribution in [0.3, 0.4) is 0 Å². The molecule has 0 aliphatic rings. The molecule has 0 saturated carbocycles. The molecule has 2 aromatic carbocycles. The number of hydrogen-bond acceptors (Lipinski definition) is 4. The number of aryl methyl sites for hydroxylation is 1. The van der Waals surface area contributed by atoms with Gasteiger partial charge in [0.2, 0.25) is 0 Å². The summed E-state index contributed by atoms with van der Waals surface area (Å²) in [4.78, 5) is 23.5. The maximum absolute atomic E-state index is 12.0. The van der Waals surface area contributed by atoms with E-state index < -0.39 is 0 Å². The van der Waals surface area contributed by atoms with Crippen molar-refractivity contribution in [2.45, 2.75) is 20.3 Å². The van der Waals surface area contributed by atoms with Crippen LogP contribution in [0.25, 0.3) is 0 Å². The van der Waals surface area contributed by atoms with Gasteiger partial charge in [-0.05, 0) is 37.3 Å². The smallest absolute Gasteiger partial charge is 0.310 e. The van der Waals surface area contributed by atoms with Crippen LogP contribution in [0.1, 0.15) is 34.8 Å². The molecule has 6 heteroatoms. The van der Waals surface area contributed by atoms with Crippen molar-refractivity contribution in [3.05, 3.63) is 63.6 Å². The number of hydrogen-bond donors (Lipinski definition) is 1. The largest absolute Gasteiger partial charge is 0.426 e. The van der Waals surface area contributed by atoms with Gasteiger partial charge >= 0.3 is 5.97 Å². The fourth-order valence-electron chi connectivity index (χ4n) is 1.92. The molecule has 0 aliphatic heterocycles. The van der Waals surface area contributed by atoms with E-state index in [2.05, 4.69) is 26.5 Å². The summed E-state index contributed by atoms with van der Waals surface area (Å²) >= 11 is 3.36. The SMILES string of the molecule is CCC(=O)Oc1ccc(Br)cc1/C=N\NC(=O)c1cccc(C)c1. The number of benzene rings is 2. The molecule has 1 amide bonds. The number of nitrogens with one attached hydrogen (secondary N) is 1. The predicted octanol–water partition coefficient (Wildman–Crippen LogP) is 3.84. The van der Waals surface area contributed by atoms with E-state index >= 15 is 0 Å². The van der Waals surface area contributed by atoms with Crippen molar-refractivity contribution in [3.63, 3.8) is 0 Å². The Balaban J connectivity index is 2.12. The zero-order chi connectivity index (χ0) is 17.5. The molecule has 2 aromatic rings. The third-order valence-electron chi connectivity index (χ3n) is 3.13. The first kappa shape index (κ1) is 17.9. The van der Waals surface area contributed by atoms with Gasteiger partial charge in [-0.25, -0.2) is 5.43 Å². The molecule has 0 atom stereocenters. The minimum Gasteiger partial charge on any atom is -0.426 e. The quantitative estimate of drug-likeness (QED) is 0.366. The normalized spacial score (nSPS) is 10.6. The molecule has 0 fully saturated rings. The topological polar surface area (TPSA) is 67.8 Å². The highest BCUT2D eigenvalue weighted by Crippen LogP contribution is 2.22. The number of halogens is 1. The van der Waals surface area contributed by atoms with Gasteiger partial charge in [0, 0.05) is 22.0 Å². The molecule has 0 aliphatic carbocycles. The Kier molecular flexibility index (Phi) is 6.26. The van der Waals surface area contributed by atoms with E-state index in [0.29, 0.717) is 16.9 Å². The Bertz CT molecular complexity index is 788. The van der Waals surface area contributed by atoms with Crippen LogP contribution in [-0.2, 0) is 4.79 Å². The van der Waals surface area contributed by atoms with Gasteiger partial charge in [0.15, 0.2) is 0 Å². The fourth-order valence-corrected chi connectivity index (χ4v) is 2.30. The second kappa shape index (κ2) is 8.40. The molecule has 0 spiro atoms. The standard InChI is InChI=1S/C18H17BrN2O3/c1-3-17(22)24-16-8-7-15(19)10-14(16)11-20-21-18(23)13-6-4-5-12(2)9-13/h4-11H,3H2,1-2H3,(H,21,23)/b20-11-. The van der Waals surface area contributed by atoms with Crippen LogP contribution in [0.15, 0.2) is 52.0 Å². The fraction of sp³-hybridized carbons (Fsp3) is 0.167. The van der Waals surface area contributed by atoms with Crippen molar-refractivity contribution in [1.29, 1.82) is 0 Å². The zero-order valence-electron chi connectivity index (χ0n) is 13.4. The summed E-state index contributed by atoms with van der Waals surface area (Å²) in [5.74, 6) is -0.258. The van der Waals surface area contributed by atoms with Crippen molar-refractivity contribution in [2.24, 2.45) is 5.10 Å². The van der Waals surface area contributed by atoms with Crippen molar-refractivity contribution in [3.8, 4) is 5.75 Å². The van der Waals surface area contributed by atoms with E-state index in [0.717, 1.165) is 10.0 Å². The zero-order valence-corrected chi connectivity index (χ0v) is 15.0. The second-order valence-electron chi connectivity index (χ2n) is 5.08. The highest BCUT2D eigenvalue weighted by atomic mass is 79.9. The van der Waals surface area contributed by atoms with E-state index in [9.17, 15) is 9.59 Å². The van der Waals surface area contributed by atoms with Crippen LogP contribution < -0.4 is 10.2 Å². The Labute approximate surface area is 148 Å². The van der Waals surface area contributed by atoms with Crippen molar-refractivity contribution >= 4 is 34.0 Å². The molecule has 0 unspecified atom stereocenters. The number of esters is 1. The maximum Gasteiger partial charge on any atom is 0.310 e. The molecule has 5 nitrogen and oxygen atoms in total. The lowest BCUT2D eigenvalue weighted by molar-refractivity contribution is -0.134. The first-order valence-corrected chi connectivity index (χ1v) is 8.19. The van der Waals surface area contributed by atoms with Gasteiger partial charge in [0.05, 0.1) is 6.21 Å². The Hall–Kier alpha value is -2.47. The van der Waals surface area contributed by atoms with E-state index in [1.54, 1.807) is 37.3 Å². The third kappa shape index (κ3) is 5.03. The summed E-state index contributed by atoms with van der Waals surface area (Å²) in [7, 11) is 0. The van der Waals surface area contributed by atoms with Crippen LogP contribution in [0.4, 0.5) is 0 Å². The van der Waals surface area contributed by atoms with Gasteiger partial charge in [0.1, 0.15) is 5.75 Å². The maximum atomic E-state index is 12.0. The summed E-state index contributed by atoms with van der Waals surface area (Å²) in [6.45, 7) is 3.63. The van der Waals surface area contributed by atoms with Gasteiger partial charge in [-0.15, -0.1) is 0 Å². The summed E-state index contributed by atoms with van der Waals surface area (Å²) in [6, 6.07) is 12.4. The van der Waals surface area contributed by atoms with Crippen LogP contribution in [0.2, 0.25) is 0 Å². The molecule has 2 rings (SSSR count). The van der Waals surface area contributed by atoms with Crippen molar-refractivity contribution in [1.82, 2.24) is 5.43 Å². The summed E-state index contributed by atoms with van der Waals surface area (Å²) < 4.78 is 6.05. The first-order valence-electron chi connectivity index (χ1n) is 7.40. The van der Waals surface area contributed by atoms with Crippen molar-refractivity contribution in [2.75, 3.05) is 0 Å². The Morgan fingerprint density at radius 2 is 2.04 bits per heavy atom. The number of carbonyl (C=O) groups is 2. The molecule has 124 valence electrons. The summed E-state index contributed by atoms with van der Waals surface area (Å²) in [5.41, 5.74) is 4.56. The predicted molar refractivity (Wildman–Crippen MR) is 96.3 cm³/mol. The first-order chi connectivity index (χ1) is 11.5. The minimum atomic E-state index is -0.337. The van der Waals surface area contributed by atoms with E-state index in [-0.39, 0.29) is 18.3 Å². The monoisotopic (exact) mass is 388 g/mol. The van der Waals surface area contributed by atoms with Crippen LogP contribution in [0, 0.1) is 6.92 Å². The third-order valence-corrected chi connectivity index (χ3v) is 3.63. The van der Waals surface area contributed by atoms with E-state index in [4.69, 9.17) is 4.74 Å². The van der Waals surface area contributed by atoms with Gasteiger partial charge in [-0.2, -0.15) is 5.10 Å². The molecular formula is C18H17BrN2O3. The highest BCUT2D eigenvalue weighted by molar-refractivity contribution is 9.10. The number of nitrogens with zero attached hydrogens (tertiary/aromatic N) is 1. The van der Waals surface area contributed by atoms with E-state index in [1.807, 2.05) is 19.1 Å². The minimum absolute atomic E-state index is 0.275. The number of rotatable bonds is 5. The number of ether oxygens (including phenoxy) is 1. The van der Waals surface area contributed by atoms with Crippen molar-refractivity contribution < 1.29 is 14.3 Å². The average molecular weight is 389 g/mol. The van der Waals surface area contributed by atoms with Crippen LogP contribution in [-0.4, -0.2) is 18.1 Å². The van der Waals surface area contributed by atoms with Crippen LogP contribution in [0.5, 0.6) is 5.75 Å². The van der Waals surface area contributed by atoms with Gasteiger partial charge < -0.3 is 4.74 Å². The lowest BCUT2D eigenvalue weighted by Crippen LogP contribution is -2.17. The molecule has 0 radical (unpaired) electrons. The second-order valence-corrected chi connectivity index (χ2v) is 5.99. The Morgan fingerprint density at radius 3 is 2.75 bits per heavy atom.